The van der Waals surface area contributed by atoms with Crippen LogP contribution in [0.3, 0.4) is 0 Å². The fraction of sp³-hybridized carbons (Fsp3) is 0.333. The van der Waals surface area contributed by atoms with E-state index in [9.17, 15) is 8.42 Å². The number of halogens is 1. The van der Waals surface area contributed by atoms with Gasteiger partial charge in [0.15, 0.2) is 0 Å². The lowest BCUT2D eigenvalue weighted by molar-refractivity contribution is 0.489. The van der Waals surface area contributed by atoms with Crippen molar-refractivity contribution in [1.82, 2.24) is 0 Å². The molecular weight excluding hydrogens is 188 g/mol. The van der Waals surface area contributed by atoms with E-state index in [2.05, 4.69) is 6.58 Å². The van der Waals surface area contributed by atoms with Crippen molar-refractivity contribution in [3.05, 3.63) is 22.6 Å². The van der Waals surface area contributed by atoms with Crippen LogP contribution < -0.4 is 0 Å². The van der Waals surface area contributed by atoms with Gasteiger partial charge in [0.05, 0.1) is 4.91 Å². The van der Waals surface area contributed by atoms with E-state index >= 15 is 0 Å². The van der Waals surface area contributed by atoms with Gasteiger partial charge in [0.25, 0.3) is 10.1 Å². The van der Waals surface area contributed by atoms with Crippen LogP contribution in [0, 0.1) is 0 Å². The summed E-state index contributed by atoms with van der Waals surface area (Å²) in [6, 6.07) is 0. The fourth-order valence-electron chi connectivity index (χ4n) is 0.534. The van der Waals surface area contributed by atoms with Crippen LogP contribution in [0.4, 0.5) is 0 Å². The first-order chi connectivity index (χ1) is 4.88. The van der Waals surface area contributed by atoms with Crippen LogP contribution in [0.5, 0.6) is 0 Å². The molecule has 0 aromatic carbocycles. The average molecular weight is 197 g/mol. The van der Waals surface area contributed by atoms with Gasteiger partial charge in [-0.25, -0.2) is 0 Å². The summed E-state index contributed by atoms with van der Waals surface area (Å²) in [6.07, 6.45) is 1.32. The summed E-state index contributed by atoms with van der Waals surface area (Å²) in [5, 5.41) is 0.0828. The van der Waals surface area contributed by atoms with Gasteiger partial charge in [-0.3, -0.25) is 4.55 Å². The Morgan fingerprint density at radius 2 is 2.18 bits per heavy atom. The lowest BCUT2D eigenvalue weighted by Crippen LogP contribution is -2.00. The van der Waals surface area contributed by atoms with E-state index in [0.29, 0.717) is 0 Å². The molecule has 64 valence electrons. The van der Waals surface area contributed by atoms with Crippen LogP contribution in [0.2, 0.25) is 0 Å². The Balaban J connectivity index is 4.84. The Labute approximate surface area is 71.1 Å². The number of hydrogen-bond acceptors (Lipinski definition) is 2. The lowest BCUT2D eigenvalue weighted by Gasteiger charge is -1.97. The van der Waals surface area contributed by atoms with Crippen LogP contribution in [-0.2, 0) is 10.1 Å². The fourth-order valence-corrected chi connectivity index (χ4v) is 1.39. The highest BCUT2D eigenvalue weighted by molar-refractivity contribution is 7.89. The molecule has 0 saturated carbocycles. The van der Waals surface area contributed by atoms with Gasteiger partial charge >= 0.3 is 0 Å². The maximum atomic E-state index is 10.5. The second-order valence-corrected chi connectivity index (χ2v) is 3.85. The quantitative estimate of drug-likeness (QED) is 0.554. The van der Waals surface area contributed by atoms with Crippen LogP contribution in [-0.4, -0.2) is 13.0 Å². The molecule has 0 saturated heterocycles. The molecule has 1 N–H and O–H groups in total. The van der Waals surface area contributed by atoms with Crippen molar-refractivity contribution in [1.29, 1.82) is 0 Å². The molecule has 0 aliphatic heterocycles. The minimum Gasteiger partial charge on any atom is -0.282 e. The SMILES string of the molecule is C=C(Cl)/C=C(\CC)S(=O)(=O)O. The Hall–Kier alpha value is -0.320. The molecule has 0 aromatic rings. The van der Waals surface area contributed by atoms with E-state index in [0.717, 1.165) is 6.08 Å². The molecule has 0 radical (unpaired) electrons. The average Bonchev–Trinajstić information content (AvgIpc) is 1.79. The third-order valence-electron chi connectivity index (χ3n) is 0.997. The molecule has 0 aromatic heterocycles. The smallest absolute Gasteiger partial charge is 0.282 e. The maximum absolute atomic E-state index is 10.5. The standard InChI is InChI=1S/C6H9ClO3S/c1-3-6(4-5(2)7)11(8,9)10/h4H,2-3H2,1H3,(H,8,9,10)/b6-4+. The van der Waals surface area contributed by atoms with Gasteiger partial charge in [0.2, 0.25) is 0 Å². The molecule has 0 heterocycles. The molecule has 3 nitrogen and oxygen atoms in total. The summed E-state index contributed by atoms with van der Waals surface area (Å²) in [7, 11) is -4.09. The summed E-state index contributed by atoms with van der Waals surface area (Å²) in [4.78, 5) is -0.127. The van der Waals surface area contributed by atoms with Crippen molar-refractivity contribution in [2.45, 2.75) is 13.3 Å². The zero-order chi connectivity index (χ0) is 9.07. The van der Waals surface area contributed by atoms with Crippen molar-refractivity contribution in [2.24, 2.45) is 0 Å². The first kappa shape index (κ1) is 10.7. The molecule has 0 unspecified atom stereocenters. The highest BCUT2D eigenvalue weighted by Crippen LogP contribution is 2.12. The van der Waals surface area contributed by atoms with Crippen molar-refractivity contribution in [3.8, 4) is 0 Å². The Bertz CT molecular complexity index is 276. The first-order valence-corrected chi connectivity index (χ1v) is 4.72. The first-order valence-electron chi connectivity index (χ1n) is 2.90. The second-order valence-electron chi connectivity index (χ2n) is 1.89. The normalized spacial score (nSPS) is 13.2. The largest absolute Gasteiger partial charge is 0.290 e. The molecular formula is C6H9ClO3S. The van der Waals surface area contributed by atoms with Crippen LogP contribution in [0.15, 0.2) is 22.6 Å². The maximum Gasteiger partial charge on any atom is 0.290 e. The molecule has 0 aliphatic carbocycles. The minimum atomic E-state index is -4.09. The minimum absolute atomic E-state index is 0.0828. The highest BCUT2D eigenvalue weighted by atomic mass is 35.5. The third kappa shape index (κ3) is 4.19. The highest BCUT2D eigenvalue weighted by Gasteiger charge is 2.10. The van der Waals surface area contributed by atoms with Gasteiger partial charge in [-0.15, -0.1) is 0 Å². The van der Waals surface area contributed by atoms with E-state index in [4.69, 9.17) is 16.2 Å². The predicted octanol–water partition coefficient (Wildman–Crippen LogP) is 1.92. The monoisotopic (exact) mass is 196 g/mol. The van der Waals surface area contributed by atoms with E-state index in [-0.39, 0.29) is 16.4 Å². The van der Waals surface area contributed by atoms with E-state index < -0.39 is 10.1 Å². The summed E-state index contributed by atoms with van der Waals surface area (Å²) >= 11 is 5.31. The molecule has 0 spiro atoms. The summed E-state index contributed by atoms with van der Waals surface area (Å²) < 4.78 is 29.5. The van der Waals surface area contributed by atoms with Gasteiger partial charge < -0.3 is 0 Å². The van der Waals surface area contributed by atoms with Gasteiger partial charge in [-0.2, -0.15) is 8.42 Å². The molecule has 0 amide bonds. The Morgan fingerprint density at radius 1 is 1.73 bits per heavy atom. The van der Waals surface area contributed by atoms with Gasteiger partial charge in [0.1, 0.15) is 0 Å². The van der Waals surface area contributed by atoms with E-state index in [1.165, 1.54) is 0 Å². The zero-order valence-corrected chi connectivity index (χ0v) is 7.61. The zero-order valence-electron chi connectivity index (χ0n) is 6.04. The second kappa shape index (κ2) is 3.90. The van der Waals surface area contributed by atoms with Gasteiger partial charge in [-0.1, -0.05) is 25.1 Å². The molecule has 11 heavy (non-hydrogen) atoms. The Kier molecular flexibility index (Phi) is 3.78. The van der Waals surface area contributed by atoms with Gasteiger partial charge in [-0.05, 0) is 12.5 Å². The van der Waals surface area contributed by atoms with Crippen LogP contribution in [0.25, 0.3) is 0 Å². The summed E-state index contributed by atoms with van der Waals surface area (Å²) in [6.45, 7) is 4.87. The van der Waals surface area contributed by atoms with E-state index in [1.807, 2.05) is 0 Å². The number of allylic oxidation sites excluding steroid dienone is 3. The van der Waals surface area contributed by atoms with Crippen LogP contribution in [0.1, 0.15) is 13.3 Å². The topological polar surface area (TPSA) is 54.4 Å². The summed E-state index contributed by atoms with van der Waals surface area (Å²) in [5.41, 5.74) is 0. The number of hydrogen-bond donors (Lipinski definition) is 1. The molecule has 0 aliphatic rings. The molecule has 0 bridgehead atoms. The van der Waals surface area contributed by atoms with E-state index in [1.54, 1.807) is 6.92 Å². The van der Waals surface area contributed by atoms with Crippen LogP contribution >= 0.6 is 11.6 Å². The number of rotatable bonds is 3. The molecule has 0 rings (SSSR count). The molecule has 5 heteroatoms. The lowest BCUT2D eigenvalue weighted by atomic mass is 10.4. The van der Waals surface area contributed by atoms with Crippen molar-refractivity contribution in [2.75, 3.05) is 0 Å². The molecule has 0 atom stereocenters. The third-order valence-corrected chi connectivity index (χ3v) is 2.18. The van der Waals surface area contributed by atoms with Crippen molar-refractivity contribution in [3.63, 3.8) is 0 Å². The predicted molar refractivity (Wildman–Crippen MR) is 44.9 cm³/mol. The van der Waals surface area contributed by atoms with Crippen molar-refractivity contribution >= 4 is 21.7 Å². The Morgan fingerprint density at radius 3 is 2.27 bits per heavy atom. The molecule has 0 fully saturated rings. The van der Waals surface area contributed by atoms with Gasteiger partial charge in [0, 0.05) is 5.03 Å². The van der Waals surface area contributed by atoms with Crippen molar-refractivity contribution < 1.29 is 13.0 Å². The summed E-state index contributed by atoms with van der Waals surface area (Å²) in [5.74, 6) is 0.